The van der Waals surface area contributed by atoms with Crippen molar-refractivity contribution in [3.8, 4) is 0 Å². The average molecular weight is 98.1 g/mol. The van der Waals surface area contributed by atoms with Crippen molar-refractivity contribution in [3.05, 3.63) is 6.92 Å². The molecule has 1 fully saturated rings. The maximum Gasteiger partial charge on any atom is 0.0959 e. The smallest absolute Gasteiger partial charge is 0.0959 e. The van der Waals surface area contributed by atoms with Gasteiger partial charge in [0.25, 0.3) is 0 Å². The molecular weight excluding hydrogens is 88.1 g/mol. The molecule has 0 heterocycles. The van der Waals surface area contributed by atoms with Crippen LogP contribution in [0.5, 0.6) is 0 Å². The van der Waals surface area contributed by atoms with E-state index in [1.165, 1.54) is 6.42 Å². The zero-order valence-corrected chi connectivity index (χ0v) is 4.39. The summed E-state index contributed by atoms with van der Waals surface area (Å²) in [7, 11) is 0. The summed E-state index contributed by atoms with van der Waals surface area (Å²) >= 11 is 0. The number of rotatable bonds is 1. The minimum atomic E-state index is -0.547. The third kappa shape index (κ3) is 0.942. The fourth-order valence-corrected chi connectivity index (χ4v) is 0.812. The topological polar surface area (TPSA) is 19.9 Å². The summed E-state index contributed by atoms with van der Waals surface area (Å²) in [5.74, 6) is 0.417. The highest BCUT2D eigenvalue weighted by Crippen LogP contribution is 2.28. The summed E-state index contributed by atoms with van der Waals surface area (Å²) in [5.41, 5.74) is 0. The molecule has 0 aromatic heterocycles. The van der Waals surface area contributed by atoms with Crippen LogP contribution in [0, 0.1) is 12.8 Å². The molecule has 2 radical (unpaired) electrons. The van der Waals surface area contributed by atoms with E-state index in [1.54, 1.807) is 0 Å². The summed E-state index contributed by atoms with van der Waals surface area (Å²) in [4.78, 5) is 0. The molecule has 0 saturated heterocycles. The van der Waals surface area contributed by atoms with Gasteiger partial charge in [0.1, 0.15) is 0 Å². The first-order valence-electron chi connectivity index (χ1n) is 2.79. The second-order valence-corrected chi connectivity index (χ2v) is 2.23. The van der Waals surface area contributed by atoms with Gasteiger partial charge in [-0.05, 0) is 25.7 Å². The average Bonchev–Trinajstić information content (AvgIpc) is 1.23. The molecule has 0 amide bonds. The summed E-state index contributed by atoms with van der Waals surface area (Å²) in [5, 5.41) is 10.4. The van der Waals surface area contributed by atoms with Crippen LogP contribution in [-0.2, 0) is 5.11 Å². The van der Waals surface area contributed by atoms with Crippen LogP contribution in [0.2, 0.25) is 0 Å². The fourth-order valence-electron chi connectivity index (χ4n) is 0.812. The molecule has 0 N–H and O–H groups in total. The first kappa shape index (κ1) is 5.10. The van der Waals surface area contributed by atoms with E-state index in [1.807, 2.05) is 0 Å². The summed E-state index contributed by atoms with van der Waals surface area (Å²) in [6.07, 6.45) is 2.95. The number of hydrogen-bond acceptors (Lipinski definition) is 0. The Bertz CT molecular complexity index is 55.2. The van der Waals surface area contributed by atoms with E-state index in [0.29, 0.717) is 5.92 Å². The van der Waals surface area contributed by atoms with Crippen molar-refractivity contribution in [1.82, 2.24) is 0 Å². The van der Waals surface area contributed by atoms with E-state index >= 15 is 0 Å². The highest BCUT2D eigenvalue weighted by molar-refractivity contribution is 4.77. The van der Waals surface area contributed by atoms with Gasteiger partial charge in [0.2, 0.25) is 0 Å². The second kappa shape index (κ2) is 1.83. The van der Waals surface area contributed by atoms with Crippen LogP contribution in [0.25, 0.3) is 0 Å². The third-order valence-electron chi connectivity index (χ3n) is 1.68. The van der Waals surface area contributed by atoms with Crippen LogP contribution in [-0.4, -0.2) is 6.10 Å². The van der Waals surface area contributed by atoms with Crippen molar-refractivity contribution >= 4 is 0 Å². The molecule has 1 heteroatoms. The molecule has 1 aliphatic carbocycles. The van der Waals surface area contributed by atoms with E-state index in [9.17, 15) is 5.11 Å². The molecule has 1 rings (SSSR count). The van der Waals surface area contributed by atoms with E-state index in [-0.39, 0.29) is 0 Å². The monoisotopic (exact) mass is 98.1 g/mol. The largest absolute Gasteiger partial charge is 0.233 e. The Labute approximate surface area is 44.4 Å². The zero-order valence-electron chi connectivity index (χ0n) is 4.39. The summed E-state index contributed by atoms with van der Waals surface area (Å²) in [6, 6.07) is 0. The lowest BCUT2D eigenvalue weighted by molar-refractivity contribution is 0.0379. The van der Waals surface area contributed by atoms with Crippen molar-refractivity contribution in [3.63, 3.8) is 0 Å². The highest BCUT2D eigenvalue weighted by Gasteiger charge is 2.22. The molecule has 1 aliphatic rings. The summed E-state index contributed by atoms with van der Waals surface area (Å²) < 4.78 is 0. The van der Waals surface area contributed by atoms with Crippen LogP contribution in [0.4, 0.5) is 0 Å². The number of hydrogen-bond donors (Lipinski definition) is 0. The Balaban J connectivity index is 2.14. The predicted molar refractivity (Wildman–Crippen MR) is 27.2 cm³/mol. The molecule has 1 unspecified atom stereocenters. The normalized spacial score (nSPS) is 26.6. The Hall–Kier alpha value is -0.0400. The lowest BCUT2D eigenvalue weighted by Crippen LogP contribution is -2.22. The van der Waals surface area contributed by atoms with Crippen molar-refractivity contribution < 1.29 is 5.11 Å². The Morgan fingerprint density at radius 3 is 2.14 bits per heavy atom. The molecule has 7 heavy (non-hydrogen) atoms. The minimum absolute atomic E-state index is 0.417. The van der Waals surface area contributed by atoms with Crippen LogP contribution >= 0.6 is 0 Å². The van der Waals surface area contributed by atoms with E-state index < -0.39 is 6.10 Å². The first-order valence-corrected chi connectivity index (χ1v) is 2.79. The van der Waals surface area contributed by atoms with Crippen LogP contribution in [0.1, 0.15) is 19.3 Å². The van der Waals surface area contributed by atoms with Crippen LogP contribution < -0.4 is 0 Å². The molecule has 0 bridgehead atoms. The molecule has 0 aromatic carbocycles. The quantitative estimate of drug-likeness (QED) is 0.472. The van der Waals surface area contributed by atoms with Crippen molar-refractivity contribution in [2.75, 3.05) is 0 Å². The van der Waals surface area contributed by atoms with Crippen molar-refractivity contribution in [1.29, 1.82) is 0 Å². The van der Waals surface area contributed by atoms with Gasteiger partial charge in [-0.15, -0.1) is 0 Å². The molecule has 0 spiro atoms. The maximum absolute atomic E-state index is 10.4. The van der Waals surface area contributed by atoms with Crippen molar-refractivity contribution in [2.45, 2.75) is 25.4 Å². The molecule has 1 saturated carbocycles. The fraction of sp³-hybridized carbons (Fsp3) is 0.833. The van der Waals surface area contributed by atoms with Gasteiger partial charge in [-0.2, -0.15) is 0 Å². The molecular formula is C6H10O. The van der Waals surface area contributed by atoms with Gasteiger partial charge < -0.3 is 0 Å². The van der Waals surface area contributed by atoms with E-state index in [4.69, 9.17) is 0 Å². The minimum Gasteiger partial charge on any atom is -0.233 e. The molecule has 1 nitrogen and oxygen atoms in total. The summed E-state index contributed by atoms with van der Waals surface area (Å²) in [6.45, 7) is 3.40. The first-order chi connectivity index (χ1) is 3.30. The van der Waals surface area contributed by atoms with Gasteiger partial charge in [-0.3, -0.25) is 0 Å². The lowest BCUT2D eigenvalue weighted by atomic mass is 9.82. The van der Waals surface area contributed by atoms with Gasteiger partial charge in [-0.1, -0.05) is 6.42 Å². The Kier molecular flexibility index (Phi) is 1.33. The predicted octanol–water partition coefficient (Wildman–Crippen LogP) is 1.42. The van der Waals surface area contributed by atoms with E-state index in [0.717, 1.165) is 12.8 Å². The maximum atomic E-state index is 10.4. The Morgan fingerprint density at radius 2 is 2.14 bits per heavy atom. The van der Waals surface area contributed by atoms with Gasteiger partial charge in [-0.25, -0.2) is 5.11 Å². The van der Waals surface area contributed by atoms with Gasteiger partial charge in [0.05, 0.1) is 6.10 Å². The van der Waals surface area contributed by atoms with Crippen LogP contribution in [0.3, 0.4) is 0 Å². The molecule has 40 valence electrons. The highest BCUT2D eigenvalue weighted by atomic mass is 16.3. The van der Waals surface area contributed by atoms with E-state index in [2.05, 4.69) is 6.92 Å². The SMILES string of the molecule is [CH2]C([O])C1CCC1. The second-order valence-electron chi connectivity index (χ2n) is 2.23. The van der Waals surface area contributed by atoms with Gasteiger partial charge in [0, 0.05) is 0 Å². The molecule has 0 aromatic rings. The molecule has 0 aliphatic heterocycles. The standard InChI is InChI=1S/C6H10O/c1-5(7)6-3-2-4-6/h5-6H,1-4H2. The van der Waals surface area contributed by atoms with Gasteiger partial charge >= 0.3 is 0 Å². The van der Waals surface area contributed by atoms with Gasteiger partial charge in [0.15, 0.2) is 0 Å². The third-order valence-corrected chi connectivity index (χ3v) is 1.68. The Morgan fingerprint density at radius 1 is 1.57 bits per heavy atom. The van der Waals surface area contributed by atoms with Crippen molar-refractivity contribution in [2.24, 2.45) is 5.92 Å². The molecule has 1 atom stereocenters. The zero-order chi connectivity index (χ0) is 5.28. The lowest BCUT2D eigenvalue weighted by Gasteiger charge is -2.26. The van der Waals surface area contributed by atoms with Crippen LogP contribution in [0.15, 0.2) is 0 Å².